The lowest BCUT2D eigenvalue weighted by Gasteiger charge is -2.51. The van der Waals surface area contributed by atoms with Gasteiger partial charge in [-0.15, -0.1) is 0 Å². The molecule has 2 saturated heterocycles. The number of nitrogens with zero attached hydrogens (tertiary/aromatic N) is 1. The van der Waals surface area contributed by atoms with Gasteiger partial charge >= 0.3 is 6.09 Å². The number of hydrogen-bond acceptors (Lipinski definition) is 5. The van der Waals surface area contributed by atoms with Crippen molar-refractivity contribution in [3.8, 4) is 11.1 Å². The van der Waals surface area contributed by atoms with E-state index >= 15 is 0 Å². The lowest BCUT2D eigenvalue weighted by molar-refractivity contribution is -0.136. The highest BCUT2D eigenvalue weighted by molar-refractivity contribution is 5.79. The van der Waals surface area contributed by atoms with E-state index in [1.807, 2.05) is 29.2 Å². The Bertz CT molecular complexity index is 917. The minimum absolute atomic E-state index is 0.0400. The van der Waals surface area contributed by atoms with Crippen molar-refractivity contribution < 1.29 is 24.1 Å². The van der Waals surface area contributed by atoms with Gasteiger partial charge in [0.05, 0.1) is 30.9 Å². The number of aliphatic hydroxyl groups is 1. The molecule has 1 N–H and O–H groups in total. The summed E-state index contributed by atoms with van der Waals surface area (Å²) in [7, 11) is 1.67. The number of ether oxygens (including phenoxy) is 3. The van der Waals surface area contributed by atoms with E-state index in [1.165, 1.54) is 22.3 Å². The molecule has 6 heteroatoms. The first-order chi connectivity index (χ1) is 15.6. The predicted octanol–water partition coefficient (Wildman–Crippen LogP) is 3.96. The molecule has 1 aliphatic carbocycles. The molecule has 1 amide bonds. The fraction of sp³-hybridized carbons (Fsp3) is 0.500. The molecule has 5 rings (SSSR count). The second kappa shape index (κ2) is 8.85. The van der Waals surface area contributed by atoms with Gasteiger partial charge in [0.25, 0.3) is 0 Å². The molecule has 0 saturated carbocycles. The van der Waals surface area contributed by atoms with Crippen molar-refractivity contribution in [1.29, 1.82) is 0 Å². The average Bonchev–Trinajstić information content (AvgIpc) is 3.11. The summed E-state index contributed by atoms with van der Waals surface area (Å²) >= 11 is 0. The van der Waals surface area contributed by atoms with Crippen molar-refractivity contribution in [2.45, 2.75) is 49.3 Å². The van der Waals surface area contributed by atoms with Gasteiger partial charge in [-0.1, -0.05) is 48.5 Å². The summed E-state index contributed by atoms with van der Waals surface area (Å²) in [5.74, 6) is 0.0400. The zero-order valence-corrected chi connectivity index (χ0v) is 18.5. The smallest absolute Gasteiger partial charge is 0.410 e. The van der Waals surface area contributed by atoms with Crippen molar-refractivity contribution >= 4 is 6.09 Å². The van der Waals surface area contributed by atoms with E-state index in [2.05, 4.69) is 24.3 Å². The third-order valence-electron chi connectivity index (χ3n) is 7.18. The molecule has 0 aromatic heterocycles. The molecule has 2 unspecified atom stereocenters. The molecule has 2 aliphatic heterocycles. The first-order valence-electron chi connectivity index (χ1n) is 11.5. The minimum atomic E-state index is -0.780. The van der Waals surface area contributed by atoms with Gasteiger partial charge in [-0.25, -0.2) is 4.79 Å². The third-order valence-corrected chi connectivity index (χ3v) is 7.18. The summed E-state index contributed by atoms with van der Waals surface area (Å²) in [5, 5.41) is 11.1. The maximum absolute atomic E-state index is 13.2. The topological polar surface area (TPSA) is 68.2 Å². The van der Waals surface area contributed by atoms with E-state index in [-0.39, 0.29) is 24.1 Å². The first kappa shape index (κ1) is 21.4. The van der Waals surface area contributed by atoms with E-state index in [0.29, 0.717) is 45.7 Å². The number of piperidine rings is 1. The second-order valence-electron chi connectivity index (χ2n) is 9.29. The Morgan fingerprint density at radius 3 is 2.25 bits per heavy atom. The van der Waals surface area contributed by atoms with Crippen LogP contribution in [0, 0.1) is 0 Å². The van der Waals surface area contributed by atoms with Crippen LogP contribution in [-0.2, 0) is 14.2 Å². The molecule has 2 fully saturated rings. The van der Waals surface area contributed by atoms with E-state index in [1.54, 1.807) is 7.11 Å². The van der Waals surface area contributed by atoms with E-state index in [9.17, 15) is 9.90 Å². The molecule has 2 bridgehead atoms. The lowest BCUT2D eigenvalue weighted by Crippen LogP contribution is -2.63. The van der Waals surface area contributed by atoms with Crippen LogP contribution in [0.25, 0.3) is 11.1 Å². The molecule has 0 spiro atoms. The van der Waals surface area contributed by atoms with Crippen LogP contribution in [0.3, 0.4) is 0 Å². The molecule has 6 nitrogen and oxygen atoms in total. The summed E-state index contributed by atoms with van der Waals surface area (Å²) in [6.45, 7) is 1.81. The molecule has 2 atom stereocenters. The monoisotopic (exact) mass is 437 g/mol. The van der Waals surface area contributed by atoms with Crippen LogP contribution < -0.4 is 0 Å². The van der Waals surface area contributed by atoms with Crippen LogP contribution >= 0.6 is 0 Å². The number of carbonyl (C=O) groups excluding carboxylic acids is 1. The third kappa shape index (κ3) is 3.91. The Morgan fingerprint density at radius 2 is 1.66 bits per heavy atom. The fourth-order valence-corrected chi connectivity index (χ4v) is 5.79. The van der Waals surface area contributed by atoms with Gasteiger partial charge in [-0.3, -0.25) is 4.90 Å². The van der Waals surface area contributed by atoms with Gasteiger partial charge in [0, 0.05) is 19.6 Å². The Morgan fingerprint density at radius 1 is 1.06 bits per heavy atom. The normalized spacial score (nSPS) is 26.5. The van der Waals surface area contributed by atoms with Crippen LogP contribution in [0.2, 0.25) is 0 Å². The van der Waals surface area contributed by atoms with E-state index in [0.717, 1.165) is 6.42 Å². The SMILES string of the molecule is COCCCC1(O)CC2COCC(C1)N2C(=O)OCC1c2ccccc2-c2ccccc21. The highest BCUT2D eigenvalue weighted by Gasteiger charge is 2.48. The standard InChI is InChI=1S/C26H31NO5/c1-30-12-6-11-26(29)13-18-15-31-16-19(14-26)27(18)25(28)32-17-24-22-9-4-2-7-20(22)21-8-3-5-10-23(21)24/h2-5,7-10,18-19,24,29H,6,11-17H2,1H3. The highest BCUT2D eigenvalue weighted by Crippen LogP contribution is 2.45. The summed E-state index contributed by atoms with van der Waals surface area (Å²) in [5.41, 5.74) is 4.06. The molecule has 0 radical (unpaired) electrons. The van der Waals surface area contributed by atoms with Crippen molar-refractivity contribution in [1.82, 2.24) is 4.90 Å². The zero-order chi connectivity index (χ0) is 22.1. The Labute approximate surface area is 189 Å². The highest BCUT2D eigenvalue weighted by atomic mass is 16.6. The largest absolute Gasteiger partial charge is 0.448 e. The number of amides is 1. The van der Waals surface area contributed by atoms with Crippen LogP contribution in [0.15, 0.2) is 48.5 Å². The van der Waals surface area contributed by atoms with Crippen LogP contribution in [0.1, 0.15) is 42.7 Å². The van der Waals surface area contributed by atoms with Crippen molar-refractivity contribution in [2.24, 2.45) is 0 Å². The molecule has 2 aromatic carbocycles. The van der Waals surface area contributed by atoms with Gasteiger partial charge in [-0.05, 0) is 47.9 Å². The molecule has 3 aliphatic rings. The summed E-state index contributed by atoms with van der Waals surface area (Å²) in [6.07, 6.45) is 2.20. The first-order valence-corrected chi connectivity index (χ1v) is 11.5. The average molecular weight is 438 g/mol. The molecule has 32 heavy (non-hydrogen) atoms. The number of benzene rings is 2. The van der Waals surface area contributed by atoms with E-state index in [4.69, 9.17) is 14.2 Å². The van der Waals surface area contributed by atoms with Crippen molar-refractivity contribution in [3.63, 3.8) is 0 Å². The summed E-state index contributed by atoms with van der Waals surface area (Å²) in [6, 6.07) is 16.4. The minimum Gasteiger partial charge on any atom is -0.448 e. The van der Waals surface area contributed by atoms with Crippen LogP contribution in [0.4, 0.5) is 4.79 Å². The van der Waals surface area contributed by atoms with Crippen LogP contribution in [0.5, 0.6) is 0 Å². The summed E-state index contributed by atoms with van der Waals surface area (Å²) in [4.78, 5) is 15.0. The predicted molar refractivity (Wildman–Crippen MR) is 121 cm³/mol. The van der Waals surface area contributed by atoms with Gasteiger partial charge in [0.1, 0.15) is 6.61 Å². The number of rotatable bonds is 6. The number of morpholine rings is 1. The number of hydrogen-bond donors (Lipinski definition) is 1. The molecular formula is C26H31NO5. The van der Waals surface area contributed by atoms with Gasteiger partial charge < -0.3 is 19.3 Å². The number of fused-ring (bicyclic) bond motifs is 5. The molecule has 170 valence electrons. The molecular weight excluding hydrogens is 406 g/mol. The lowest BCUT2D eigenvalue weighted by atomic mass is 9.78. The number of carbonyl (C=O) groups is 1. The zero-order valence-electron chi connectivity index (χ0n) is 18.5. The Balaban J connectivity index is 1.28. The fourth-order valence-electron chi connectivity index (χ4n) is 5.79. The molecule has 2 heterocycles. The molecule has 2 aromatic rings. The van der Waals surface area contributed by atoms with Gasteiger partial charge in [0.2, 0.25) is 0 Å². The van der Waals surface area contributed by atoms with Crippen molar-refractivity contribution in [3.05, 3.63) is 59.7 Å². The van der Waals surface area contributed by atoms with Crippen molar-refractivity contribution in [2.75, 3.05) is 33.5 Å². The summed E-state index contributed by atoms with van der Waals surface area (Å²) < 4.78 is 16.8. The quantitative estimate of drug-likeness (QED) is 0.693. The maximum atomic E-state index is 13.2. The van der Waals surface area contributed by atoms with Gasteiger partial charge in [-0.2, -0.15) is 0 Å². The van der Waals surface area contributed by atoms with E-state index < -0.39 is 5.60 Å². The maximum Gasteiger partial charge on any atom is 0.410 e. The number of methoxy groups -OCH3 is 1. The van der Waals surface area contributed by atoms with Crippen LogP contribution in [-0.4, -0.2) is 67.3 Å². The Hall–Kier alpha value is -2.41. The Kier molecular flexibility index (Phi) is 5.93. The van der Waals surface area contributed by atoms with Gasteiger partial charge in [0.15, 0.2) is 0 Å². The second-order valence-corrected chi connectivity index (χ2v) is 9.29.